The Labute approximate surface area is 149 Å². The van der Waals surface area contributed by atoms with Crippen molar-refractivity contribution in [1.82, 2.24) is 15.1 Å². The molecule has 3 saturated heterocycles. The molecule has 1 spiro atoms. The molecule has 3 aliphatic heterocycles. The number of anilines is 1. The first kappa shape index (κ1) is 16.8. The summed E-state index contributed by atoms with van der Waals surface area (Å²) in [6, 6.07) is 4.10. The van der Waals surface area contributed by atoms with Crippen LogP contribution in [0.1, 0.15) is 44.2 Å². The lowest BCUT2D eigenvalue weighted by molar-refractivity contribution is -0.143. The quantitative estimate of drug-likeness (QED) is 0.823. The summed E-state index contributed by atoms with van der Waals surface area (Å²) >= 11 is 0. The normalized spacial score (nSPS) is 26.2. The van der Waals surface area contributed by atoms with Gasteiger partial charge in [0.25, 0.3) is 5.91 Å². The van der Waals surface area contributed by atoms with Crippen LogP contribution in [-0.2, 0) is 9.53 Å². The Balaban J connectivity index is 1.30. The number of ether oxygens (including phenoxy) is 1. The minimum absolute atomic E-state index is 0.170. The van der Waals surface area contributed by atoms with Crippen LogP contribution in [0.4, 0.5) is 5.82 Å². The summed E-state index contributed by atoms with van der Waals surface area (Å²) in [5.41, 5.74) is 1.36. The summed E-state index contributed by atoms with van der Waals surface area (Å²) in [4.78, 5) is 16.9. The van der Waals surface area contributed by atoms with Gasteiger partial charge in [-0.3, -0.25) is 4.79 Å². The average molecular weight is 344 g/mol. The van der Waals surface area contributed by atoms with Gasteiger partial charge in [0.2, 0.25) is 0 Å². The van der Waals surface area contributed by atoms with Crippen molar-refractivity contribution in [2.24, 2.45) is 5.41 Å². The van der Waals surface area contributed by atoms with E-state index in [1.54, 1.807) is 0 Å². The maximum absolute atomic E-state index is 12.5. The number of likely N-dealkylation sites (tertiary alicyclic amines) is 1. The number of rotatable bonds is 2. The number of amides is 1. The zero-order chi connectivity index (χ0) is 17.3. The van der Waals surface area contributed by atoms with E-state index in [2.05, 4.69) is 21.2 Å². The van der Waals surface area contributed by atoms with Gasteiger partial charge in [-0.25, -0.2) is 0 Å². The van der Waals surface area contributed by atoms with Crippen molar-refractivity contribution < 1.29 is 9.53 Å². The second kappa shape index (κ2) is 6.90. The van der Waals surface area contributed by atoms with Gasteiger partial charge in [-0.1, -0.05) is 0 Å². The van der Waals surface area contributed by atoms with Crippen molar-refractivity contribution in [3.63, 3.8) is 0 Å². The molecule has 0 unspecified atom stereocenters. The van der Waals surface area contributed by atoms with Crippen LogP contribution in [0.3, 0.4) is 0 Å². The van der Waals surface area contributed by atoms with Crippen LogP contribution in [0, 0.1) is 12.3 Å². The van der Waals surface area contributed by atoms with Crippen molar-refractivity contribution >= 4 is 11.7 Å². The first-order chi connectivity index (χ1) is 12.2. The third-order valence-electron chi connectivity index (χ3n) is 6.27. The summed E-state index contributed by atoms with van der Waals surface area (Å²) in [5, 5.41) is 8.50. The number of nitrogens with zero attached hydrogens (tertiary/aromatic N) is 4. The maximum Gasteiger partial charge on any atom is 0.251 e. The minimum Gasteiger partial charge on any atom is -0.368 e. The molecule has 25 heavy (non-hydrogen) atoms. The Bertz CT molecular complexity index is 594. The van der Waals surface area contributed by atoms with E-state index in [0.717, 1.165) is 70.0 Å². The Morgan fingerprint density at radius 3 is 2.44 bits per heavy atom. The van der Waals surface area contributed by atoms with Gasteiger partial charge in [-0.05, 0) is 63.0 Å². The van der Waals surface area contributed by atoms with Crippen LogP contribution in [0.15, 0.2) is 12.1 Å². The van der Waals surface area contributed by atoms with Crippen molar-refractivity contribution in [1.29, 1.82) is 0 Å². The molecule has 136 valence electrons. The zero-order valence-corrected chi connectivity index (χ0v) is 15.1. The van der Waals surface area contributed by atoms with E-state index in [9.17, 15) is 4.79 Å². The number of aryl methyl sites for hydroxylation is 1. The number of carbonyl (C=O) groups is 1. The van der Waals surface area contributed by atoms with Crippen molar-refractivity contribution in [3.8, 4) is 0 Å². The lowest BCUT2D eigenvalue weighted by Crippen LogP contribution is -2.50. The van der Waals surface area contributed by atoms with Crippen LogP contribution in [0.2, 0.25) is 0 Å². The predicted octanol–water partition coefficient (Wildman–Crippen LogP) is 2.17. The first-order valence-corrected chi connectivity index (χ1v) is 9.61. The summed E-state index contributed by atoms with van der Waals surface area (Å²) in [6.45, 7) is 6.57. The topological polar surface area (TPSA) is 58.6 Å². The molecule has 1 aromatic heterocycles. The van der Waals surface area contributed by atoms with E-state index in [0.29, 0.717) is 5.41 Å². The Morgan fingerprint density at radius 2 is 1.84 bits per heavy atom. The summed E-state index contributed by atoms with van der Waals surface area (Å²) in [6.07, 6.45) is 6.36. The summed E-state index contributed by atoms with van der Waals surface area (Å²) in [7, 11) is 0. The molecule has 0 N–H and O–H groups in total. The van der Waals surface area contributed by atoms with Crippen molar-refractivity contribution in [2.75, 3.05) is 37.7 Å². The van der Waals surface area contributed by atoms with Gasteiger partial charge in [0.1, 0.15) is 6.10 Å². The molecule has 0 bridgehead atoms. The molecule has 6 heteroatoms. The molecule has 3 fully saturated rings. The van der Waals surface area contributed by atoms with Gasteiger partial charge in [-0.15, -0.1) is 5.10 Å². The first-order valence-electron chi connectivity index (χ1n) is 9.61. The standard InChI is InChI=1S/C19H28N4O2/c1-15-4-5-17(21-20-15)22-10-6-19(7-11-22)8-12-23(13-9-19)18(24)16-3-2-14-25-16/h4-5,16H,2-3,6-14H2,1H3/t16-/m0/s1. The lowest BCUT2D eigenvalue weighted by Gasteiger charge is -2.47. The largest absolute Gasteiger partial charge is 0.368 e. The van der Waals surface area contributed by atoms with Gasteiger partial charge in [0, 0.05) is 32.8 Å². The molecule has 0 radical (unpaired) electrons. The Kier molecular flexibility index (Phi) is 4.63. The summed E-state index contributed by atoms with van der Waals surface area (Å²) in [5.74, 6) is 1.21. The molecule has 0 aliphatic carbocycles. The van der Waals surface area contributed by atoms with E-state index in [1.807, 2.05) is 17.9 Å². The van der Waals surface area contributed by atoms with E-state index < -0.39 is 0 Å². The molecular formula is C19H28N4O2. The number of hydrogen-bond donors (Lipinski definition) is 0. The fourth-order valence-corrected chi connectivity index (χ4v) is 4.45. The van der Waals surface area contributed by atoms with Gasteiger partial charge in [-0.2, -0.15) is 5.10 Å². The van der Waals surface area contributed by atoms with Crippen molar-refractivity contribution in [3.05, 3.63) is 17.8 Å². The number of hydrogen-bond acceptors (Lipinski definition) is 5. The van der Waals surface area contributed by atoms with Crippen LogP contribution >= 0.6 is 0 Å². The highest BCUT2D eigenvalue weighted by Crippen LogP contribution is 2.42. The minimum atomic E-state index is -0.170. The lowest BCUT2D eigenvalue weighted by atomic mass is 9.71. The molecule has 1 atom stereocenters. The molecule has 0 aromatic carbocycles. The highest BCUT2D eigenvalue weighted by molar-refractivity contribution is 5.81. The van der Waals surface area contributed by atoms with Gasteiger partial charge in [0.05, 0.1) is 5.69 Å². The van der Waals surface area contributed by atoms with Crippen molar-refractivity contribution in [2.45, 2.75) is 51.6 Å². The van der Waals surface area contributed by atoms with Crippen LogP contribution in [0.5, 0.6) is 0 Å². The molecule has 4 heterocycles. The molecule has 0 saturated carbocycles. The number of carbonyl (C=O) groups excluding carboxylic acids is 1. The Hall–Kier alpha value is -1.69. The van der Waals surface area contributed by atoms with Gasteiger partial charge >= 0.3 is 0 Å². The second-order valence-corrected chi connectivity index (χ2v) is 7.85. The molecule has 1 aromatic rings. The van der Waals surface area contributed by atoms with Crippen LogP contribution < -0.4 is 4.90 Å². The van der Waals surface area contributed by atoms with E-state index in [-0.39, 0.29) is 12.0 Å². The summed E-state index contributed by atoms with van der Waals surface area (Å²) < 4.78 is 5.57. The fraction of sp³-hybridized carbons (Fsp3) is 0.737. The molecular weight excluding hydrogens is 316 g/mol. The predicted molar refractivity (Wildman–Crippen MR) is 95.4 cm³/mol. The molecule has 1 amide bonds. The van der Waals surface area contributed by atoms with Gasteiger partial charge in [0.15, 0.2) is 5.82 Å². The molecule has 6 nitrogen and oxygen atoms in total. The third kappa shape index (κ3) is 3.50. The van der Waals surface area contributed by atoms with Crippen LogP contribution in [0.25, 0.3) is 0 Å². The second-order valence-electron chi connectivity index (χ2n) is 7.85. The SMILES string of the molecule is Cc1ccc(N2CCC3(CCN(C(=O)[C@@H]4CCCO4)CC3)CC2)nn1. The van der Waals surface area contributed by atoms with E-state index >= 15 is 0 Å². The number of aromatic nitrogens is 2. The van der Waals surface area contributed by atoms with E-state index in [4.69, 9.17) is 4.74 Å². The molecule has 4 rings (SSSR count). The third-order valence-corrected chi connectivity index (χ3v) is 6.27. The fourth-order valence-electron chi connectivity index (χ4n) is 4.45. The number of piperidine rings is 2. The monoisotopic (exact) mass is 344 g/mol. The highest BCUT2D eigenvalue weighted by atomic mass is 16.5. The smallest absolute Gasteiger partial charge is 0.251 e. The van der Waals surface area contributed by atoms with Gasteiger partial charge < -0.3 is 14.5 Å². The zero-order valence-electron chi connectivity index (χ0n) is 15.1. The van der Waals surface area contributed by atoms with Crippen LogP contribution in [-0.4, -0.2) is 59.9 Å². The Morgan fingerprint density at radius 1 is 1.12 bits per heavy atom. The van der Waals surface area contributed by atoms with E-state index in [1.165, 1.54) is 12.8 Å². The molecule has 3 aliphatic rings. The average Bonchev–Trinajstić information content (AvgIpc) is 3.18. The highest BCUT2D eigenvalue weighted by Gasteiger charge is 2.40. The maximum atomic E-state index is 12.5.